The molecule has 2 rings (SSSR count). The fourth-order valence-corrected chi connectivity index (χ4v) is 2.54. The third-order valence-electron chi connectivity index (χ3n) is 2.25. The zero-order valence-corrected chi connectivity index (χ0v) is 9.91. The molecule has 1 aromatic rings. The minimum absolute atomic E-state index is 0.0142. The van der Waals surface area contributed by atoms with Crippen molar-refractivity contribution in [2.45, 2.75) is 30.8 Å². The molecule has 0 amide bonds. The quantitative estimate of drug-likeness (QED) is 0.568. The summed E-state index contributed by atoms with van der Waals surface area (Å²) in [6.07, 6.45) is 1.30. The molecule has 16 heavy (non-hydrogen) atoms. The molecular formula is C10H12N2O3S. The van der Waals surface area contributed by atoms with Gasteiger partial charge in [-0.25, -0.2) is 9.78 Å². The van der Waals surface area contributed by atoms with E-state index in [9.17, 15) is 9.59 Å². The van der Waals surface area contributed by atoms with E-state index in [-0.39, 0.29) is 17.7 Å². The number of carbonyl (C=O) groups excluding carboxylic acids is 1. The van der Waals surface area contributed by atoms with Crippen molar-refractivity contribution >= 4 is 17.7 Å². The molecule has 0 fully saturated rings. The number of nitrogens with zero attached hydrogens (tertiary/aromatic N) is 2. The molecule has 2 heterocycles. The van der Waals surface area contributed by atoms with Crippen LogP contribution in [0.1, 0.15) is 24.2 Å². The Bertz CT molecular complexity index is 483. The predicted molar refractivity (Wildman–Crippen MR) is 59.8 cm³/mol. The number of aromatic nitrogens is 2. The van der Waals surface area contributed by atoms with Gasteiger partial charge in [-0.2, -0.15) is 0 Å². The first-order valence-electron chi connectivity index (χ1n) is 5.07. The van der Waals surface area contributed by atoms with Gasteiger partial charge in [0.2, 0.25) is 0 Å². The summed E-state index contributed by atoms with van der Waals surface area (Å²) in [6, 6.07) is 0. The summed E-state index contributed by atoms with van der Waals surface area (Å²) in [4.78, 5) is 27.5. The molecule has 6 heteroatoms. The van der Waals surface area contributed by atoms with E-state index in [4.69, 9.17) is 4.74 Å². The van der Waals surface area contributed by atoms with Crippen LogP contribution >= 0.6 is 11.8 Å². The summed E-state index contributed by atoms with van der Waals surface area (Å²) < 4.78 is 6.33. The van der Waals surface area contributed by atoms with Gasteiger partial charge in [0.25, 0.3) is 5.56 Å². The van der Waals surface area contributed by atoms with Gasteiger partial charge >= 0.3 is 5.97 Å². The summed E-state index contributed by atoms with van der Waals surface area (Å²) in [7, 11) is 0. The van der Waals surface area contributed by atoms with Crippen molar-refractivity contribution in [1.29, 1.82) is 0 Å². The molecule has 0 N–H and O–H groups in total. The highest BCUT2D eigenvalue weighted by atomic mass is 32.2. The van der Waals surface area contributed by atoms with Crippen LogP contribution in [0.3, 0.4) is 0 Å². The number of hydrogen-bond acceptors (Lipinski definition) is 5. The van der Waals surface area contributed by atoms with Gasteiger partial charge in [-0.15, -0.1) is 0 Å². The van der Waals surface area contributed by atoms with Gasteiger partial charge in [0.05, 0.1) is 12.8 Å². The van der Waals surface area contributed by atoms with Crippen LogP contribution in [-0.4, -0.2) is 27.4 Å². The van der Waals surface area contributed by atoms with Crippen LogP contribution < -0.4 is 5.56 Å². The molecule has 1 aliphatic rings. The fraction of sp³-hybridized carbons (Fsp3) is 0.500. The molecule has 0 aliphatic carbocycles. The summed E-state index contributed by atoms with van der Waals surface area (Å²) in [5.41, 5.74) is -0.291. The van der Waals surface area contributed by atoms with E-state index in [0.29, 0.717) is 17.0 Å². The molecule has 0 radical (unpaired) electrons. The van der Waals surface area contributed by atoms with E-state index in [1.165, 1.54) is 22.5 Å². The Morgan fingerprint density at radius 3 is 3.19 bits per heavy atom. The molecule has 0 spiro atoms. The van der Waals surface area contributed by atoms with Gasteiger partial charge in [-0.1, -0.05) is 18.7 Å². The Balaban J connectivity index is 2.41. The van der Waals surface area contributed by atoms with Crippen LogP contribution in [0, 0.1) is 0 Å². The topological polar surface area (TPSA) is 61.2 Å². The Kier molecular flexibility index (Phi) is 3.00. The fourth-order valence-electron chi connectivity index (χ4n) is 1.56. The first-order chi connectivity index (χ1) is 7.63. The molecule has 86 valence electrons. The highest BCUT2D eigenvalue weighted by molar-refractivity contribution is 7.99. The largest absolute Gasteiger partial charge is 0.462 e. The monoisotopic (exact) mass is 240 g/mol. The molecule has 1 aliphatic heterocycles. The zero-order chi connectivity index (χ0) is 11.7. The van der Waals surface area contributed by atoms with Crippen molar-refractivity contribution in [2.75, 3.05) is 6.61 Å². The minimum Gasteiger partial charge on any atom is -0.462 e. The molecule has 1 unspecified atom stereocenters. The van der Waals surface area contributed by atoms with E-state index in [0.717, 1.165) is 0 Å². The molecule has 5 nitrogen and oxygen atoms in total. The molecule has 0 bridgehead atoms. The first-order valence-corrected chi connectivity index (χ1v) is 5.95. The Morgan fingerprint density at radius 1 is 1.75 bits per heavy atom. The number of hydrogen-bond donors (Lipinski definition) is 0. The Hall–Kier alpha value is -1.30. The standard InChI is InChI=1S/C10H12N2O3S/c1-3-15-9(14)7-4-11-10-12(8(7)13)5-6(2)16-10/h4,6H,3,5H2,1-2H3. The molecule has 0 saturated heterocycles. The Labute approximate surface area is 96.8 Å². The van der Waals surface area contributed by atoms with E-state index in [1.54, 1.807) is 6.92 Å². The normalized spacial score (nSPS) is 18.2. The van der Waals surface area contributed by atoms with Crippen molar-refractivity contribution in [1.82, 2.24) is 9.55 Å². The number of esters is 1. The summed E-state index contributed by atoms with van der Waals surface area (Å²) in [5, 5.41) is 0.989. The van der Waals surface area contributed by atoms with Crippen molar-refractivity contribution in [3.8, 4) is 0 Å². The maximum Gasteiger partial charge on any atom is 0.345 e. The number of thioether (sulfide) groups is 1. The van der Waals surface area contributed by atoms with Crippen LogP contribution in [0.25, 0.3) is 0 Å². The van der Waals surface area contributed by atoms with E-state index >= 15 is 0 Å². The van der Waals surface area contributed by atoms with Crippen molar-refractivity contribution in [3.63, 3.8) is 0 Å². The van der Waals surface area contributed by atoms with Crippen molar-refractivity contribution < 1.29 is 9.53 Å². The van der Waals surface area contributed by atoms with Gasteiger partial charge in [-0.3, -0.25) is 9.36 Å². The van der Waals surface area contributed by atoms with Gasteiger partial charge in [0.15, 0.2) is 5.16 Å². The maximum absolute atomic E-state index is 11.9. The molecule has 1 aromatic heterocycles. The first kappa shape index (κ1) is 11.2. The lowest BCUT2D eigenvalue weighted by Gasteiger charge is -2.04. The van der Waals surface area contributed by atoms with Gasteiger partial charge in [-0.05, 0) is 6.92 Å². The van der Waals surface area contributed by atoms with Crippen molar-refractivity contribution in [3.05, 3.63) is 22.1 Å². The number of fused-ring (bicyclic) bond motifs is 1. The number of carbonyl (C=O) groups is 1. The molecule has 0 aromatic carbocycles. The van der Waals surface area contributed by atoms with Crippen LogP contribution in [0.5, 0.6) is 0 Å². The van der Waals surface area contributed by atoms with E-state index in [1.807, 2.05) is 6.92 Å². The second kappa shape index (κ2) is 4.29. The van der Waals surface area contributed by atoms with Gasteiger partial charge in [0.1, 0.15) is 5.56 Å². The van der Waals surface area contributed by atoms with E-state index in [2.05, 4.69) is 4.98 Å². The second-order valence-corrected chi connectivity index (χ2v) is 4.92. The zero-order valence-electron chi connectivity index (χ0n) is 9.10. The van der Waals surface area contributed by atoms with Gasteiger partial charge in [0, 0.05) is 11.8 Å². The highest BCUT2D eigenvalue weighted by Gasteiger charge is 2.24. The molecular weight excluding hydrogens is 228 g/mol. The van der Waals surface area contributed by atoms with Crippen LogP contribution in [0.2, 0.25) is 0 Å². The summed E-state index contributed by atoms with van der Waals surface area (Å²) in [5.74, 6) is -0.597. The average molecular weight is 240 g/mol. The number of ether oxygens (including phenoxy) is 1. The summed E-state index contributed by atoms with van der Waals surface area (Å²) in [6.45, 7) is 4.57. The maximum atomic E-state index is 11.9. The lowest BCUT2D eigenvalue weighted by molar-refractivity contribution is 0.0522. The lowest BCUT2D eigenvalue weighted by atomic mass is 10.3. The highest BCUT2D eigenvalue weighted by Crippen LogP contribution is 2.27. The Morgan fingerprint density at radius 2 is 2.50 bits per heavy atom. The number of rotatable bonds is 2. The van der Waals surface area contributed by atoms with Crippen LogP contribution in [-0.2, 0) is 11.3 Å². The predicted octanol–water partition coefficient (Wildman–Crippen LogP) is 0.914. The molecule has 0 saturated carbocycles. The lowest BCUT2D eigenvalue weighted by Crippen LogP contribution is -2.28. The van der Waals surface area contributed by atoms with Crippen LogP contribution in [0.4, 0.5) is 0 Å². The molecule has 1 atom stereocenters. The third kappa shape index (κ3) is 1.84. The summed E-state index contributed by atoms with van der Waals surface area (Å²) >= 11 is 1.54. The van der Waals surface area contributed by atoms with Crippen LogP contribution in [0.15, 0.2) is 16.1 Å². The third-order valence-corrected chi connectivity index (χ3v) is 3.34. The smallest absolute Gasteiger partial charge is 0.345 e. The van der Waals surface area contributed by atoms with Crippen molar-refractivity contribution in [2.24, 2.45) is 0 Å². The average Bonchev–Trinajstić information content (AvgIpc) is 2.60. The van der Waals surface area contributed by atoms with E-state index < -0.39 is 5.97 Å². The minimum atomic E-state index is -0.597. The van der Waals surface area contributed by atoms with Gasteiger partial charge < -0.3 is 4.74 Å². The second-order valence-electron chi connectivity index (χ2n) is 3.52. The SMILES string of the molecule is CCOC(=O)c1cnc2n(c1=O)CC(C)S2.